The summed E-state index contributed by atoms with van der Waals surface area (Å²) in [6.45, 7) is 11.2. The molecule has 4 aromatic rings. The van der Waals surface area contributed by atoms with Crippen molar-refractivity contribution in [3.8, 4) is 17.0 Å². The Labute approximate surface area is 226 Å². The van der Waals surface area contributed by atoms with Crippen molar-refractivity contribution in [1.82, 2.24) is 4.98 Å². The summed E-state index contributed by atoms with van der Waals surface area (Å²) in [6.07, 6.45) is 3.12. The van der Waals surface area contributed by atoms with Gasteiger partial charge in [-0.25, -0.2) is 9.78 Å². The molecule has 0 spiro atoms. The highest BCUT2D eigenvalue weighted by Gasteiger charge is 2.41. The van der Waals surface area contributed by atoms with Gasteiger partial charge in [0.15, 0.2) is 6.04 Å². The molecule has 6 heteroatoms. The van der Waals surface area contributed by atoms with Gasteiger partial charge in [-0.15, -0.1) is 0 Å². The minimum Gasteiger partial charge on any atom is -0.543 e. The monoisotopic (exact) mass is 522 g/mol. The zero-order valence-corrected chi connectivity index (χ0v) is 23.9. The van der Waals surface area contributed by atoms with E-state index in [4.69, 9.17) is 9.41 Å². The number of nitrogens with one attached hydrogen (secondary N) is 1. The fraction of sp³-hybridized carbons (Fsp3) is 0.281. The maximum absolute atomic E-state index is 13.6. The van der Waals surface area contributed by atoms with Gasteiger partial charge in [-0.3, -0.25) is 5.32 Å². The molecule has 0 bridgehead atoms. The maximum atomic E-state index is 13.6. The van der Waals surface area contributed by atoms with Crippen LogP contribution in [-0.2, 0) is 12.8 Å². The lowest BCUT2D eigenvalue weighted by Crippen LogP contribution is -2.44. The van der Waals surface area contributed by atoms with Crippen molar-refractivity contribution < 1.29 is 13.8 Å². The van der Waals surface area contributed by atoms with E-state index in [0.717, 1.165) is 39.6 Å². The Hall–Kier alpha value is -3.77. The van der Waals surface area contributed by atoms with Gasteiger partial charge in [0.25, 0.3) is 0 Å². The highest BCUT2D eigenvalue weighted by atomic mass is 28.4. The second-order valence-electron chi connectivity index (χ2n) is 11.6. The number of carbonyl (C=O) groups is 1. The van der Waals surface area contributed by atoms with Crippen LogP contribution in [0.15, 0.2) is 91.1 Å². The minimum atomic E-state index is -2.00. The normalized spacial score (nSPS) is 15.2. The smallest absolute Gasteiger partial charge is 0.359 e. The predicted molar refractivity (Wildman–Crippen MR) is 155 cm³/mol. The summed E-state index contributed by atoms with van der Waals surface area (Å²) in [4.78, 5) is 18.7. The molecule has 1 aromatic heterocycles. The molecule has 2 heterocycles. The fourth-order valence-electron chi connectivity index (χ4n) is 4.48. The topological polar surface area (TPSA) is 55.1 Å². The van der Waals surface area contributed by atoms with E-state index in [-0.39, 0.29) is 17.0 Å². The molecule has 0 radical (unpaired) electrons. The van der Waals surface area contributed by atoms with E-state index < -0.39 is 8.32 Å². The molecule has 38 heavy (non-hydrogen) atoms. The third kappa shape index (κ3) is 5.41. The molecule has 0 saturated carbocycles. The number of nitrogens with zero attached hydrogens (tertiary/aromatic N) is 2. The van der Waals surface area contributed by atoms with E-state index in [0.29, 0.717) is 12.8 Å². The van der Waals surface area contributed by atoms with Crippen LogP contribution in [-0.4, -0.2) is 25.3 Å². The molecule has 0 amide bonds. The molecule has 3 aromatic carbocycles. The van der Waals surface area contributed by atoms with Crippen LogP contribution < -0.4 is 14.3 Å². The molecule has 1 N–H and O–H groups in total. The number of carbonyl (C=O) groups excluding carboxylic acids is 1. The third-order valence-corrected chi connectivity index (χ3v) is 12.0. The van der Waals surface area contributed by atoms with Crippen LogP contribution in [0.3, 0.4) is 0 Å². The molecule has 1 atom stereocenters. The first-order chi connectivity index (χ1) is 18.1. The van der Waals surface area contributed by atoms with Crippen molar-refractivity contribution in [3.05, 3.63) is 108 Å². The second-order valence-corrected chi connectivity index (χ2v) is 16.3. The van der Waals surface area contributed by atoms with Crippen LogP contribution in [0.25, 0.3) is 11.3 Å². The Balaban J connectivity index is 1.53. The van der Waals surface area contributed by atoms with Crippen molar-refractivity contribution >= 4 is 20.0 Å². The molecule has 1 aliphatic rings. The van der Waals surface area contributed by atoms with Gasteiger partial charge in [0.05, 0.1) is 0 Å². The maximum Gasteiger partial charge on any atom is 0.359 e. The minimum absolute atomic E-state index is 0.0375. The molecule has 0 fully saturated rings. The molecule has 0 aliphatic carbocycles. The van der Waals surface area contributed by atoms with Crippen LogP contribution in [0.1, 0.15) is 42.4 Å². The summed E-state index contributed by atoms with van der Waals surface area (Å²) in [6, 6.07) is 28.2. The summed E-state index contributed by atoms with van der Waals surface area (Å²) in [5.41, 5.74) is 4.82. The lowest BCUT2D eigenvalue weighted by molar-refractivity contribution is -0.552. The Morgan fingerprint density at radius 1 is 0.921 bits per heavy atom. The van der Waals surface area contributed by atoms with E-state index in [9.17, 15) is 4.79 Å². The zero-order valence-electron chi connectivity index (χ0n) is 22.9. The molecule has 1 unspecified atom stereocenters. The van der Waals surface area contributed by atoms with E-state index in [2.05, 4.69) is 69.5 Å². The van der Waals surface area contributed by atoms with Gasteiger partial charge in [-0.1, -0.05) is 93.6 Å². The Morgan fingerprint density at radius 2 is 1.58 bits per heavy atom. The summed E-state index contributed by atoms with van der Waals surface area (Å²) in [5, 5.41) is 3.59. The zero-order chi connectivity index (χ0) is 26.9. The Bertz CT molecular complexity index is 1450. The van der Waals surface area contributed by atoms with E-state index in [1.54, 1.807) is 4.57 Å². The summed E-state index contributed by atoms with van der Waals surface area (Å²) >= 11 is 0. The molecule has 1 aliphatic heterocycles. The molecular weight excluding hydrogens is 486 g/mol. The average Bonchev–Trinajstić information content (AvgIpc) is 3.20. The number of rotatable bonds is 7. The van der Waals surface area contributed by atoms with Gasteiger partial charge in [0, 0.05) is 18.4 Å². The van der Waals surface area contributed by atoms with Crippen LogP contribution in [0.5, 0.6) is 5.75 Å². The van der Waals surface area contributed by atoms with Crippen molar-refractivity contribution in [2.24, 2.45) is 0 Å². The summed E-state index contributed by atoms with van der Waals surface area (Å²) < 4.78 is 8.34. The van der Waals surface area contributed by atoms with Crippen LogP contribution >= 0.6 is 0 Å². The number of fused-ring (bicyclic) bond motifs is 1. The van der Waals surface area contributed by atoms with Crippen molar-refractivity contribution in [2.45, 2.75) is 57.8 Å². The first-order valence-electron chi connectivity index (χ1n) is 13.2. The Morgan fingerprint density at radius 3 is 2.24 bits per heavy atom. The number of anilines is 1. The van der Waals surface area contributed by atoms with Gasteiger partial charge >= 0.3 is 11.7 Å². The molecule has 0 saturated heterocycles. The quantitative estimate of drug-likeness (QED) is 0.217. The standard InChI is InChI=1S/C32H35N3O2Si/c1-32(2,3)38(4,5)37-26-18-12-17-25(21-26)29-22-35-30(27(33-29)19-23-13-8-6-9-14-23)34-28(31(35)36)20-24-15-10-7-11-16-24/h6-18,21-22,28H,19-20H2,1-5H3/p+1. The molecular formula is C32H36N3O2Si+. The van der Waals surface area contributed by atoms with Gasteiger partial charge < -0.3 is 4.43 Å². The highest BCUT2D eigenvalue weighted by Crippen LogP contribution is 2.38. The average molecular weight is 523 g/mol. The predicted octanol–water partition coefficient (Wildman–Crippen LogP) is 6.69. The molecule has 5 nitrogen and oxygen atoms in total. The third-order valence-electron chi connectivity index (χ3n) is 7.67. The first kappa shape index (κ1) is 25.9. The van der Waals surface area contributed by atoms with Crippen molar-refractivity contribution in [2.75, 3.05) is 5.32 Å². The lowest BCUT2D eigenvalue weighted by Gasteiger charge is -2.36. The second kappa shape index (κ2) is 10.2. The van der Waals surface area contributed by atoms with E-state index >= 15 is 0 Å². The van der Waals surface area contributed by atoms with Gasteiger partial charge in [0.2, 0.25) is 8.32 Å². The lowest BCUT2D eigenvalue weighted by atomic mass is 10.1. The van der Waals surface area contributed by atoms with Gasteiger partial charge in [-0.2, -0.15) is 4.57 Å². The van der Waals surface area contributed by atoms with Crippen LogP contribution in [0.4, 0.5) is 5.82 Å². The van der Waals surface area contributed by atoms with E-state index in [1.807, 2.05) is 60.8 Å². The fourth-order valence-corrected chi connectivity index (χ4v) is 5.50. The summed E-state index contributed by atoms with van der Waals surface area (Å²) in [7, 11) is -2.00. The number of benzene rings is 3. The number of hydrogen-bond donors (Lipinski definition) is 1. The van der Waals surface area contributed by atoms with Gasteiger partial charge in [0.1, 0.15) is 23.3 Å². The number of hydrogen-bond acceptors (Lipinski definition) is 4. The molecule has 194 valence electrons. The van der Waals surface area contributed by atoms with Gasteiger partial charge in [-0.05, 0) is 41.4 Å². The summed E-state index contributed by atoms with van der Waals surface area (Å²) in [5.74, 6) is 1.66. The van der Waals surface area contributed by atoms with Crippen LogP contribution in [0.2, 0.25) is 18.1 Å². The highest BCUT2D eigenvalue weighted by molar-refractivity contribution is 6.74. The molecule has 5 rings (SSSR count). The number of aromatic nitrogens is 2. The van der Waals surface area contributed by atoms with Crippen molar-refractivity contribution in [1.29, 1.82) is 0 Å². The first-order valence-corrected chi connectivity index (χ1v) is 16.2. The van der Waals surface area contributed by atoms with Crippen LogP contribution in [0, 0.1) is 0 Å². The van der Waals surface area contributed by atoms with E-state index in [1.165, 1.54) is 0 Å². The Kier molecular flexibility index (Phi) is 6.93. The van der Waals surface area contributed by atoms with Crippen molar-refractivity contribution in [3.63, 3.8) is 0 Å². The largest absolute Gasteiger partial charge is 0.543 e. The SMILES string of the molecule is CC(C)(C)[Si](C)(C)Oc1cccc(-c2c[n+]3c(c(Cc4ccccc4)n2)NC(Cc2ccccc2)C3=O)c1.